The Labute approximate surface area is 166 Å². The first-order valence-corrected chi connectivity index (χ1v) is 9.15. The van der Waals surface area contributed by atoms with Gasteiger partial charge in [0, 0.05) is 12.5 Å². The van der Waals surface area contributed by atoms with Crippen molar-refractivity contribution < 1.29 is 19.4 Å². The van der Waals surface area contributed by atoms with Crippen LogP contribution in [0.1, 0.15) is 45.4 Å². The van der Waals surface area contributed by atoms with E-state index in [0.29, 0.717) is 18.6 Å². The number of rotatable bonds is 8. The molecule has 0 amide bonds. The van der Waals surface area contributed by atoms with E-state index in [1.807, 2.05) is 6.07 Å². The van der Waals surface area contributed by atoms with E-state index >= 15 is 0 Å². The van der Waals surface area contributed by atoms with Gasteiger partial charge in [-0.05, 0) is 38.7 Å². The van der Waals surface area contributed by atoms with E-state index in [1.54, 1.807) is 6.92 Å². The van der Waals surface area contributed by atoms with Crippen molar-refractivity contribution in [3.8, 4) is 6.07 Å². The lowest BCUT2D eigenvalue weighted by atomic mass is 9.69. The van der Waals surface area contributed by atoms with Gasteiger partial charge in [-0.15, -0.1) is 0 Å². The first-order chi connectivity index (χ1) is 13.9. The van der Waals surface area contributed by atoms with Gasteiger partial charge in [0.1, 0.15) is 11.1 Å². The van der Waals surface area contributed by atoms with Gasteiger partial charge in [0.15, 0.2) is 0 Å². The summed E-state index contributed by atoms with van der Waals surface area (Å²) in [6.07, 6.45) is 2.85. The topological polar surface area (TPSA) is 161 Å². The summed E-state index contributed by atoms with van der Waals surface area (Å²) in [6.45, 7) is 1.87. The molecule has 11 nitrogen and oxygen atoms in total. The molecule has 1 aliphatic rings. The summed E-state index contributed by atoms with van der Waals surface area (Å²) in [7, 11) is 0. The number of benzene rings is 1. The number of nitro benzene ring substituents is 2. The highest BCUT2D eigenvalue weighted by atomic mass is 16.6. The molecule has 1 aromatic rings. The van der Waals surface area contributed by atoms with Crippen LogP contribution in [-0.2, 0) is 9.53 Å². The van der Waals surface area contributed by atoms with Gasteiger partial charge < -0.3 is 4.74 Å². The van der Waals surface area contributed by atoms with Crippen LogP contribution in [0.2, 0.25) is 0 Å². The van der Waals surface area contributed by atoms with Crippen molar-refractivity contribution in [2.75, 3.05) is 12.0 Å². The van der Waals surface area contributed by atoms with Gasteiger partial charge in [0.25, 0.3) is 5.69 Å². The highest BCUT2D eigenvalue weighted by molar-refractivity contribution is 6.07. The fourth-order valence-electron chi connectivity index (χ4n) is 3.40. The molecule has 1 fully saturated rings. The molecule has 1 aliphatic carbocycles. The molecule has 154 valence electrons. The zero-order valence-electron chi connectivity index (χ0n) is 15.9. The molecular formula is C18H21N5O6. The lowest BCUT2D eigenvalue weighted by Gasteiger charge is -2.35. The first-order valence-electron chi connectivity index (χ1n) is 9.15. The van der Waals surface area contributed by atoms with Crippen molar-refractivity contribution in [3.63, 3.8) is 0 Å². The quantitative estimate of drug-likeness (QED) is 0.390. The SMILES string of the molecule is CCOC(=O)C1(CCC#N)CCCC/C1=N\Nc1ccc([N+](=O)[O-])cc1[N+](=O)[O-]. The van der Waals surface area contributed by atoms with Crippen LogP contribution in [0.25, 0.3) is 0 Å². The summed E-state index contributed by atoms with van der Waals surface area (Å²) >= 11 is 0. The number of ether oxygens (including phenoxy) is 1. The number of non-ortho nitro benzene ring substituents is 1. The molecule has 0 spiro atoms. The minimum atomic E-state index is -1.06. The van der Waals surface area contributed by atoms with Crippen LogP contribution in [0.15, 0.2) is 23.3 Å². The number of hydrogen-bond acceptors (Lipinski definition) is 9. The molecule has 1 aromatic carbocycles. The Morgan fingerprint density at radius 1 is 1.34 bits per heavy atom. The van der Waals surface area contributed by atoms with Crippen molar-refractivity contribution in [3.05, 3.63) is 38.4 Å². The number of nitriles is 1. The number of hydrogen-bond donors (Lipinski definition) is 1. The monoisotopic (exact) mass is 403 g/mol. The molecule has 11 heteroatoms. The number of esters is 1. The Morgan fingerprint density at radius 3 is 2.72 bits per heavy atom. The average Bonchev–Trinajstić information content (AvgIpc) is 2.71. The average molecular weight is 403 g/mol. The van der Waals surface area contributed by atoms with E-state index in [2.05, 4.69) is 10.5 Å². The lowest BCUT2D eigenvalue weighted by molar-refractivity contribution is -0.393. The predicted octanol–water partition coefficient (Wildman–Crippen LogP) is 3.70. The van der Waals surface area contributed by atoms with Gasteiger partial charge in [0.2, 0.25) is 0 Å². The summed E-state index contributed by atoms with van der Waals surface area (Å²) in [4.78, 5) is 33.4. The number of nitrogens with one attached hydrogen (secondary N) is 1. The van der Waals surface area contributed by atoms with Crippen LogP contribution in [0, 0.1) is 37.0 Å². The van der Waals surface area contributed by atoms with Crippen LogP contribution >= 0.6 is 0 Å². The molecule has 0 aliphatic heterocycles. The third-order valence-electron chi connectivity index (χ3n) is 4.85. The number of anilines is 1. The molecule has 1 saturated carbocycles. The van der Waals surface area contributed by atoms with Crippen LogP contribution in [-0.4, -0.2) is 28.1 Å². The van der Waals surface area contributed by atoms with Crippen molar-refractivity contribution in [1.82, 2.24) is 0 Å². The van der Waals surface area contributed by atoms with Gasteiger partial charge in [-0.1, -0.05) is 6.42 Å². The van der Waals surface area contributed by atoms with Gasteiger partial charge in [-0.25, -0.2) is 0 Å². The molecule has 0 radical (unpaired) electrons. The van der Waals surface area contributed by atoms with Gasteiger partial charge in [-0.3, -0.25) is 30.4 Å². The summed E-state index contributed by atoms with van der Waals surface area (Å²) in [5.41, 5.74) is 1.04. The van der Waals surface area contributed by atoms with Crippen molar-refractivity contribution in [1.29, 1.82) is 5.26 Å². The fraction of sp³-hybridized carbons (Fsp3) is 0.500. The molecule has 2 rings (SSSR count). The maximum absolute atomic E-state index is 12.7. The number of carbonyl (C=O) groups excluding carboxylic acids is 1. The van der Waals surface area contributed by atoms with E-state index in [0.717, 1.165) is 25.0 Å². The van der Waals surface area contributed by atoms with E-state index < -0.39 is 32.6 Å². The number of carbonyl (C=O) groups is 1. The molecule has 29 heavy (non-hydrogen) atoms. The normalized spacial score (nSPS) is 19.9. The molecule has 1 unspecified atom stereocenters. The smallest absolute Gasteiger partial charge is 0.317 e. The highest BCUT2D eigenvalue weighted by Crippen LogP contribution is 2.40. The number of nitrogens with zero attached hydrogens (tertiary/aromatic N) is 4. The molecule has 0 heterocycles. The second kappa shape index (κ2) is 9.59. The molecule has 0 aromatic heterocycles. The second-order valence-electron chi connectivity index (χ2n) is 6.55. The highest BCUT2D eigenvalue weighted by Gasteiger charge is 2.46. The predicted molar refractivity (Wildman–Crippen MR) is 103 cm³/mol. The molecule has 1 N–H and O–H groups in total. The Hall–Kier alpha value is -3.55. The van der Waals surface area contributed by atoms with E-state index in [1.165, 1.54) is 6.07 Å². The summed E-state index contributed by atoms with van der Waals surface area (Å²) in [5.74, 6) is -0.464. The second-order valence-corrected chi connectivity index (χ2v) is 6.55. The minimum absolute atomic E-state index is 0.0308. The van der Waals surface area contributed by atoms with Crippen LogP contribution in [0.3, 0.4) is 0 Å². The van der Waals surface area contributed by atoms with E-state index in [9.17, 15) is 25.0 Å². The van der Waals surface area contributed by atoms with Gasteiger partial charge in [0.05, 0.1) is 34.3 Å². The fourth-order valence-corrected chi connectivity index (χ4v) is 3.40. The summed E-state index contributed by atoms with van der Waals surface area (Å²) in [6, 6.07) is 5.21. The van der Waals surface area contributed by atoms with Crippen LogP contribution in [0.4, 0.5) is 17.1 Å². The molecular weight excluding hydrogens is 382 g/mol. The zero-order chi connectivity index (χ0) is 21.4. The number of hydrazone groups is 1. The zero-order valence-corrected chi connectivity index (χ0v) is 15.9. The lowest BCUT2D eigenvalue weighted by Crippen LogP contribution is -2.43. The third-order valence-corrected chi connectivity index (χ3v) is 4.85. The van der Waals surface area contributed by atoms with Crippen molar-refractivity contribution >= 4 is 28.7 Å². The minimum Gasteiger partial charge on any atom is -0.465 e. The van der Waals surface area contributed by atoms with Gasteiger partial charge >= 0.3 is 11.7 Å². The number of nitro groups is 2. The summed E-state index contributed by atoms with van der Waals surface area (Å²) in [5, 5.41) is 35.4. The van der Waals surface area contributed by atoms with Crippen LogP contribution < -0.4 is 5.43 Å². The van der Waals surface area contributed by atoms with E-state index in [4.69, 9.17) is 10.00 Å². The van der Waals surface area contributed by atoms with Gasteiger partial charge in [-0.2, -0.15) is 10.4 Å². The maximum atomic E-state index is 12.7. The summed E-state index contributed by atoms with van der Waals surface area (Å²) < 4.78 is 5.23. The Morgan fingerprint density at radius 2 is 2.10 bits per heavy atom. The Kier molecular flexibility index (Phi) is 7.19. The van der Waals surface area contributed by atoms with E-state index in [-0.39, 0.29) is 25.1 Å². The molecule has 0 bridgehead atoms. The first kappa shape index (κ1) is 21.7. The Balaban J connectivity index is 2.42. The van der Waals surface area contributed by atoms with Crippen LogP contribution in [0.5, 0.6) is 0 Å². The standard InChI is InChI=1S/C18H21N5O6/c1-2-29-17(24)18(10-5-11-19)9-4-3-6-16(18)21-20-14-8-7-13(22(25)26)12-15(14)23(27)28/h7-8,12,20H,2-6,9-10H2,1H3/b21-16+. The molecule has 0 saturated heterocycles. The van der Waals surface area contributed by atoms with Crippen molar-refractivity contribution in [2.45, 2.75) is 45.4 Å². The molecule has 1 atom stereocenters. The third kappa shape index (κ3) is 4.84. The Bertz CT molecular complexity index is 878. The largest absolute Gasteiger partial charge is 0.465 e. The van der Waals surface area contributed by atoms with Crippen molar-refractivity contribution in [2.24, 2.45) is 10.5 Å². The maximum Gasteiger partial charge on any atom is 0.317 e.